The first-order chi connectivity index (χ1) is 13.6. The number of nitrogens with two attached hydrogens (primary N) is 1. The first kappa shape index (κ1) is 19.6. The minimum atomic E-state index is -2.59. The number of likely N-dealkylation sites (N-methyl/N-ethyl adjacent to an activating group) is 1. The van der Waals surface area contributed by atoms with Crippen molar-refractivity contribution in [3.05, 3.63) is 35.4 Å². The summed E-state index contributed by atoms with van der Waals surface area (Å²) >= 11 is 0. The molecular formula is C21H22N2O6. The number of primary amides is 1. The maximum atomic E-state index is 13.4. The summed E-state index contributed by atoms with van der Waals surface area (Å²) in [6.45, 7) is 0. The monoisotopic (exact) mass is 398 g/mol. The zero-order valence-electron chi connectivity index (χ0n) is 16.1. The number of hydrogen-bond acceptors (Lipinski definition) is 7. The van der Waals surface area contributed by atoms with Crippen LogP contribution in [0.1, 0.15) is 22.3 Å². The van der Waals surface area contributed by atoms with E-state index in [1.807, 2.05) is 6.07 Å². The molecule has 0 bridgehead atoms. The van der Waals surface area contributed by atoms with Crippen molar-refractivity contribution in [3.63, 3.8) is 0 Å². The highest BCUT2D eigenvalue weighted by Crippen LogP contribution is 2.49. The molecule has 1 aromatic carbocycles. The lowest BCUT2D eigenvalue weighted by atomic mass is 9.52. The second-order valence-corrected chi connectivity index (χ2v) is 8.45. The number of benzene rings is 1. The summed E-state index contributed by atoms with van der Waals surface area (Å²) in [6, 6.07) is 5.91. The van der Waals surface area contributed by atoms with Gasteiger partial charge in [0.25, 0.3) is 0 Å². The maximum Gasteiger partial charge on any atom is 0.235 e. The fourth-order valence-electron chi connectivity index (χ4n) is 5.45. The van der Waals surface area contributed by atoms with Gasteiger partial charge in [-0.25, -0.2) is 0 Å². The Labute approximate surface area is 167 Å². The van der Waals surface area contributed by atoms with Crippen LogP contribution in [0.4, 0.5) is 0 Å². The molecule has 0 spiro atoms. The van der Waals surface area contributed by atoms with Gasteiger partial charge in [0.05, 0.1) is 12.0 Å². The molecule has 0 heterocycles. The minimum Gasteiger partial charge on any atom is -0.374 e. The van der Waals surface area contributed by atoms with Gasteiger partial charge in [-0.15, -0.1) is 0 Å². The second-order valence-electron chi connectivity index (χ2n) is 8.45. The lowest BCUT2D eigenvalue weighted by molar-refractivity contribution is -0.181. The molecule has 6 atom stereocenters. The minimum absolute atomic E-state index is 0.138. The van der Waals surface area contributed by atoms with Crippen LogP contribution < -0.4 is 5.73 Å². The van der Waals surface area contributed by atoms with Crippen LogP contribution in [0.3, 0.4) is 0 Å². The van der Waals surface area contributed by atoms with Crippen molar-refractivity contribution < 1.29 is 29.1 Å². The summed E-state index contributed by atoms with van der Waals surface area (Å²) in [5.41, 5.74) is 3.89. The van der Waals surface area contributed by atoms with E-state index in [2.05, 4.69) is 0 Å². The number of aliphatic hydroxyl groups is 1. The molecule has 2 saturated carbocycles. The summed E-state index contributed by atoms with van der Waals surface area (Å²) in [7, 11) is 3.16. The molecule has 3 N–H and O–H groups in total. The van der Waals surface area contributed by atoms with Crippen LogP contribution in [-0.4, -0.2) is 64.8 Å². The molecule has 152 valence electrons. The van der Waals surface area contributed by atoms with Gasteiger partial charge >= 0.3 is 0 Å². The molecule has 8 heteroatoms. The molecule has 0 aliphatic heterocycles. The number of hydrogen-bond donors (Lipinski definition) is 2. The first-order valence-corrected chi connectivity index (χ1v) is 9.53. The van der Waals surface area contributed by atoms with Gasteiger partial charge < -0.3 is 10.8 Å². The third kappa shape index (κ3) is 2.49. The van der Waals surface area contributed by atoms with Crippen LogP contribution >= 0.6 is 0 Å². The Bertz CT molecular complexity index is 970. The molecule has 0 aromatic heterocycles. The fourth-order valence-corrected chi connectivity index (χ4v) is 5.45. The largest absolute Gasteiger partial charge is 0.374 e. The molecule has 0 saturated heterocycles. The molecular weight excluding hydrogens is 376 g/mol. The van der Waals surface area contributed by atoms with Crippen LogP contribution in [0.5, 0.6) is 0 Å². The summed E-state index contributed by atoms with van der Waals surface area (Å²) in [5.74, 6) is -9.03. The molecule has 2 unspecified atom stereocenters. The molecule has 3 aliphatic rings. The number of carbonyl (C=O) groups excluding carboxylic acids is 5. The van der Waals surface area contributed by atoms with Crippen molar-refractivity contribution in [1.29, 1.82) is 0 Å². The van der Waals surface area contributed by atoms with Crippen molar-refractivity contribution in [2.45, 2.75) is 24.5 Å². The van der Waals surface area contributed by atoms with Gasteiger partial charge in [0.2, 0.25) is 5.91 Å². The van der Waals surface area contributed by atoms with Crippen LogP contribution in [-0.2, 0) is 25.6 Å². The van der Waals surface area contributed by atoms with E-state index in [1.165, 1.54) is 4.90 Å². The van der Waals surface area contributed by atoms with E-state index >= 15 is 0 Å². The van der Waals surface area contributed by atoms with Gasteiger partial charge in [-0.05, 0) is 38.4 Å². The predicted molar refractivity (Wildman–Crippen MR) is 99.7 cm³/mol. The topological polar surface area (TPSA) is 135 Å². The van der Waals surface area contributed by atoms with Crippen molar-refractivity contribution in [2.24, 2.45) is 29.4 Å². The second kappa shape index (κ2) is 6.40. The SMILES string of the molecule is CN(C)[C@@H]1C(=O)C(C(N)=O)C(=O)[C@@]2(O)C(=O)C3C(=O)c4ccccc4C[C@H]3C[C@@H]12. The number of carbonyl (C=O) groups is 5. The maximum absolute atomic E-state index is 13.4. The first-order valence-electron chi connectivity index (χ1n) is 9.53. The molecule has 0 radical (unpaired) electrons. The molecule has 1 aromatic rings. The molecule has 8 nitrogen and oxygen atoms in total. The fraction of sp³-hybridized carbons (Fsp3) is 0.476. The normalized spacial score (nSPS) is 36.5. The van der Waals surface area contributed by atoms with E-state index in [9.17, 15) is 29.1 Å². The third-order valence-corrected chi connectivity index (χ3v) is 6.71. The van der Waals surface area contributed by atoms with Gasteiger partial charge in [0, 0.05) is 11.5 Å². The van der Waals surface area contributed by atoms with Gasteiger partial charge in [0.1, 0.15) is 0 Å². The number of Topliss-reactive ketones (excluding diaryl/α,β-unsaturated/α-hetero) is 4. The van der Waals surface area contributed by atoms with Crippen molar-refractivity contribution in [2.75, 3.05) is 14.1 Å². The summed E-state index contributed by atoms with van der Waals surface area (Å²) in [5, 5.41) is 11.4. The van der Waals surface area contributed by atoms with Gasteiger partial charge in [-0.3, -0.25) is 28.9 Å². The summed E-state index contributed by atoms with van der Waals surface area (Å²) < 4.78 is 0. The summed E-state index contributed by atoms with van der Waals surface area (Å²) in [4.78, 5) is 65.7. The third-order valence-electron chi connectivity index (χ3n) is 6.71. The van der Waals surface area contributed by atoms with E-state index in [1.54, 1.807) is 32.3 Å². The molecule has 29 heavy (non-hydrogen) atoms. The lowest BCUT2D eigenvalue weighted by Gasteiger charge is -2.52. The van der Waals surface area contributed by atoms with Gasteiger partial charge in [-0.1, -0.05) is 24.3 Å². The zero-order chi connectivity index (χ0) is 21.2. The lowest BCUT2D eigenvalue weighted by Crippen LogP contribution is -2.74. The van der Waals surface area contributed by atoms with Gasteiger partial charge in [-0.2, -0.15) is 0 Å². The molecule has 4 rings (SSSR count). The van der Waals surface area contributed by atoms with Crippen molar-refractivity contribution in [1.82, 2.24) is 4.90 Å². The van der Waals surface area contributed by atoms with E-state index in [0.29, 0.717) is 12.0 Å². The van der Waals surface area contributed by atoms with E-state index in [-0.39, 0.29) is 6.42 Å². The molecule has 2 fully saturated rings. The Morgan fingerprint density at radius 3 is 2.41 bits per heavy atom. The van der Waals surface area contributed by atoms with Crippen LogP contribution in [0.2, 0.25) is 0 Å². The Kier molecular flexibility index (Phi) is 4.32. The Hall–Kier alpha value is -2.71. The predicted octanol–water partition coefficient (Wildman–Crippen LogP) is -0.839. The Morgan fingerprint density at radius 1 is 1.14 bits per heavy atom. The average Bonchev–Trinajstić information content (AvgIpc) is 2.64. The highest BCUT2D eigenvalue weighted by molar-refractivity contribution is 6.32. The van der Waals surface area contributed by atoms with Crippen LogP contribution in [0.15, 0.2) is 24.3 Å². The van der Waals surface area contributed by atoms with Crippen molar-refractivity contribution >= 4 is 29.0 Å². The van der Waals surface area contributed by atoms with Crippen LogP contribution in [0, 0.1) is 23.7 Å². The Morgan fingerprint density at radius 2 is 1.79 bits per heavy atom. The van der Waals surface area contributed by atoms with E-state index < -0.39 is 64.4 Å². The Balaban J connectivity index is 1.86. The number of ketones is 4. The number of amides is 1. The molecule has 1 amide bonds. The highest BCUT2D eigenvalue weighted by atomic mass is 16.3. The van der Waals surface area contributed by atoms with Crippen LogP contribution in [0.25, 0.3) is 0 Å². The smallest absolute Gasteiger partial charge is 0.235 e. The quantitative estimate of drug-likeness (QED) is 0.620. The van der Waals surface area contributed by atoms with Crippen molar-refractivity contribution in [3.8, 4) is 0 Å². The van der Waals surface area contributed by atoms with E-state index in [4.69, 9.17) is 5.73 Å². The van der Waals surface area contributed by atoms with E-state index in [0.717, 1.165) is 5.56 Å². The average molecular weight is 398 g/mol. The summed E-state index contributed by atoms with van der Waals surface area (Å²) in [6.07, 6.45) is 0.575. The zero-order valence-corrected chi connectivity index (χ0v) is 16.1. The standard InChI is InChI=1S/C21H22N2O6/c1-23(2)15-12-8-10-7-9-5-3-4-6-11(9)16(24)13(10)18(26)21(12,29)19(27)14(17(15)25)20(22)28/h3-6,10,12-15,29H,7-8H2,1-2H3,(H2,22,28)/t10-,12-,13?,14?,15-,21-/m0/s1. The van der Waals surface area contributed by atoms with Gasteiger partial charge in [0.15, 0.2) is 34.7 Å². The number of fused-ring (bicyclic) bond motifs is 3. The molecule has 3 aliphatic carbocycles. The number of nitrogens with zero attached hydrogens (tertiary/aromatic N) is 1. The highest BCUT2D eigenvalue weighted by Gasteiger charge is 2.69. The number of rotatable bonds is 2.